The Balaban J connectivity index is 1.67. The van der Waals surface area contributed by atoms with E-state index in [-0.39, 0.29) is 17.3 Å². The van der Waals surface area contributed by atoms with Crippen molar-refractivity contribution in [3.05, 3.63) is 85.8 Å². The van der Waals surface area contributed by atoms with Gasteiger partial charge in [0.1, 0.15) is 6.61 Å². The van der Waals surface area contributed by atoms with Crippen LogP contribution in [0, 0.1) is 0 Å². The van der Waals surface area contributed by atoms with Gasteiger partial charge in [0, 0.05) is 5.02 Å². The Hall–Kier alpha value is -3.28. The Morgan fingerprint density at radius 2 is 1.82 bits per heavy atom. The number of anilines is 1. The number of ether oxygens (including phenoxy) is 2. The molecule has 3 aromatic carbocycles. The maximum absolute atomic E-state index is 12.9. The second-order valence-corrected chi connectivity index (χ2v) is 9.23. The minimum absolute atomic E-state index is 0.173. The van der Waals surface area contributed by atoms with Gasteiger partial charge in [-0.2, -0.15) is 18.3 Å². The average Bonchev–Trinajstić information content (AvgIpc) is 2.84. The third-order valence-corrected chi connectivity index (χ3v) is 5.89. The van der Waals surface area contributed by atoms with Gasteiger partial charge in [0.05, 0.1) is 33.6 Å². The van der Waals surface area contributed by atoms with Gasteiger partial charge < -0.3 is 14.8 Å². The number of amides is 2. The van der Waals surface area contributed by atoms with Crippen molar-refractivity contribution in [1.29, 1.82) is 0 Å². The van der Waals surface area contributed by atoms with E-state index in [1.165, 1.54) is 6.21 Å². The molecular weight excluding hydrogens is 614 g/mol. The fourth-order valence-corrected chi connectivity index (χ4v) is 3.99. The van der Waals surface area contributed by atoms with Gasteiger partial charge in [-0.05, 0) is 76.4 Å². The van der Waals surface area contributed by atoms with Crippen LogP contribution in [-0.2, 0) is 22.4 Å². The first kappa shape index (κ1) is 29.3. The first-order valence-corrected chi connectivity index (χ1v) is 12.4. The van der Waals surface area contributed by atoms with Gasteiger partial charge in [-0.25, -0.2) is 5.43 Å². The van der Waals surface area contributed by atoms with Crippen LogP contribution in [0.5, 0.6) is 11.5 Å². The predicted molar refractivity (Wildman–Crippen MR) is 142 cm³/mol. The molecule has 200 valence electrons. The summed E-state index contributed by atoms with van der Waals surface area (Å²) in [5.41, 5.74) is 1.93. The maximum atomic E-state index is 12.9. The van der Waals surface area contributed by atoms with Crippen molar-refractivity contribution < 1.29 is 32.2 Å². The van der Waals surface area contributed by atoms with Crippen molar-refractivity contribution >= 4 is 62.8 Å². The summed E-state index contributed by atoms with van der Waals surface area (Å²) in [7, 11) is 0. The number of benzene rings is 3. The van der Waals surface area contributed by atoms with Crippen molar-refractivity contribution in [1.82, 2.24) is 5.43 Å². The lowest BCUT2D eigenvalue weighted by atomic mass is 10.2. The van der Waals surface area contributed by atoms with Crippen molar-refractivity contribution in [3.63, 3.8) is 0 Å². The second-order valence-electron chi connectivity index (χ2n) is 7.53. The van der Waals surface area contributed by atoms with E-state index in [4.69, 9.17) is 32.7 Å². The number of carbonyl (C=O) groups excluding carboxylic acids is 2. The summed E-state index contributed by atoms with van der Waals surface area (Å²) in [6.07, 6.45) is -3.41. The van der Waals surface area contributed by atoms with Crippen LogP contribution in [0.4, 0.5) is 18.9 Å². The Morgan fingerprint density at radius 3 is 2.50 bits per heavy atom. The topological polar surface area (TPSA) is 89.0 Å². The molecule has 13 heteroatoms. The monoisotopic (exact) mass is 631 g/mol. The first-order chi connectivity index (χ1) is 18.0. The van der Waals surface area contributed by atoms with E-state index < -0.39 is 23.6 Å². The van der Waals surface area contributed by atoms with Crippen molar-refractivity contribution in [2.75, 3.05) is 11.9 Å². The van der Waals surface area contributed by atoms with Crippen LogP contribution in [0.3, 0.4) is 0 Å². The molecule has 0 radical (unpaired) electrons. The molecule has 3 rings (SSSR count). The molecule has 0 aliphatic heterocycles. The van der Waals surface area contributed by atoms with E-state index in [0.717, 1.165) is 17.7 Å². The standard InChI is InChI=1S/C25H19BrCl2F3N3O4/c1-2-37-21-10-15(9-18(26)22(21)38-13-14-4-3-5-17(27)8-14)12-32-34-24(36)23(35)33-20-11-16(25(29,30)31)6-7-19(20)28/h3-12H,2,13H2,1H3,(H,33,35)(H,34,36)/b32-12+. The molecule has 0 fully saturated rings. The number of hydrazone groups is 1. The zero-order chi connectivity index (χ0) is 27.9. The normalized spacial score (nSPS) is 11.3. The number of hydrogen-bond donors (Lipinski definition) is 2. The molecule has 0 spiro atoms. The number of hydrogen-bond acceptors (Lipinski definition) is 5. The minimum atomic E-state index is -4.65. The molecule has 0 heterocycles. The smallest absolute Gasteiger partial charge is 0.416 e. The number of halogens is 6. The molecule has 2 amide bonds. The highest BCUT2D eigenvalue weighted by molar-refractivity contribution is 9.10. The van der Waals surface area contributed by atoms with E-state index >= 15 is 0 Å². The fourth-order valence-electron chi connectivity index (χ4n) is 3.04. The summed E-state index contributed by atoms with van der Waals surface area (Å²) in [6, 6.07) is 12.8. The highest BCUT2D eigenvalue weighted by Crippen LogP contribution is 2.37. The van der Waals surface area contributed by atoms with E-state index in [9.17, 15) is 22.8 Å². The fraction of sp³-hybridized carbons (Fsp3) is 0.160. The van der Waals surface area contributed by atoms with Crippen LogP contribution in [0.2, 0.25) is 10.0 Å². The molecule has 2 N–H and O–H groups in total. The zero-order valence-electron chi connectivity index (χ0n) is 19.5. The zero-order valence-corrected chi connectivity index (χ0v) is 22.6. The lowest BCUT2D eigenvalue weighted by Gasteiger charge is -2.15. The molecule has 38 heavy (non-hydrogen) atoms. The van der Waals surface area contributed by atoms with Crippen molar-refractivity contribution in [2.24, 2.45) is 5.10 Å². The molecule has 0 aliphatic carbocycles. The Labute approximate surface area is 234 Å². The number of nitrogens with zero attached hydrogens (tertiary/aromatic N) is 1. The van der Waals surface area contributed by atoms with E-state index in [1.807, 2.05) is 22.9 Å². The second kappa shape index (κ2) is 13.0. The first-order valence-electron chi connectivity index (χ1n) is 10.8. The lowest BCUT2D eigenvalue weighted by Crippen LogP contribution is -2.32. The van der Waals surface area contributed by atoms with E-state index in [0.29, 0.717) is 39.2 Å². The van der Waals surface area contributed by atoms with Crippen LogP contribution < -0.4 is 20.2 Å². The molecule has 0 unspecified atom stereocenters. The van der Waals surface area contributed by atoms with Gasteiger partial charge in [-0.1, -0.05) is 35.3 Å². The maximum Gasteiger partial charge on any atom is 0.416 e. The summed E-state index contributed by atoms with van der Waals surface area (Å²) in [5, 5.41) is 6.17. The Bertz CT molecular complexity index is 1370. The third kappa shape index (κ3) is 8.11. The highest BCUT2D eigenvalue weighted by atomic mass is 79.9. The number of carbonyl (C=O) groups is 2. The van der Waals surface area contributed by atoms with Gasteiger partial charge in [0.25, 0.3) is 0 Å². The Morgan fingerprint density at radius 1 is 1.05 bits per heavy atom. The van der Waals surface area contributed by atoms with Gasteiger partial charge >= 0.3 is 18.0 Å². The lowest BCUT2D eigenvalue weighted by molar-refractivity contribution is -0.137. The summed E-state index contributed by atoms with van der Waals surface area (Å²) >= 11 is 15.3. The van der Waals surface area contributed by atoms with E-state index in [2.05, 4.69) is 21.0 Å². The van der Waals surface area contributed by atoms with Crippen molar-refractivity contribution in [2.45, 2.75) is 19.7 Å². The molecule has 0 aliphatic rings. The van der Waals surface area contributed by atoms with Crippen LogP contribution in [0.1, 0.15) is 23.6 Å². The summed E-state index contributed by atoms with van der Waals surface area (Å²) < 4.78 is 50.8. The molecule has 0 aromatic heterocycles. The SMILES string of the molecule is CCOc1cc(/C=N/NC(=O)C(=O)Nc2cc(C(F)(F)F)ccc2Cl)cc(Br)c1OCc1cccc(Cl)c1. The molecular formula is C25H19BrCl2F3N3O4. The predicted octanol–water partition coefficient (Wildman–Crippen LogP) is 6.84. The highest BCUT2D eigenvalue weighted by Gasteiger charge is 2.31. The molecule has 0 bridgehead atoms. The van der Waals surface area contributed by atoms with Crippen molar-refractivity contribution in [3.8, 4) is 11.5 Å². The summed E-state index contributed by atoms with van der Waals surface area (Å²) in [5.74, 6) is -1.65. The molecule has 7 nitrogen and oxygen atoms in total. The van der Waals surface area contributed by atoms with Gasteiger partial charge in [-0.3, -0.25) is 9.59 Å². The van der Waals surface area contributed by atoms with Crippen LogP contribution in [0.15, 0.2) is 64.2 Å². The molecule has 3 aromatic rings. The molecule has 0 saturated carbocycles. The van der Waals surface area contributed by atoms with Gasteiger partial charge in [-0.15, -0.1) is 0 Å². The largest absolute Gasteiger partial charge is 0.490 e. The number of nitrogens with one attached hydrogen (secondary N) is 2. The van der Waals surface area contributed by atoms with Crippen LogP contribution in [0.25, 0.3) is 0 Å². The Kier molecular flexibility index (Phi) is 10.0. The van der Waals surface area contributed by atoms with Crippen LogP contribution in [-0.4, -0.2) is 24.6 Å². The molecule has 0 saturated heterocycles. The number of rotatable bonds is 8. The van der Waals surface area contributed by atoms with Gasteiger partial charge in [0.2, 0.25) is 0 Å². The summed E-state index contributed by atoms with van der Waals surface area (Å²) in [6.45, 7) is 2.37. The van der Waals surface area contributed by atoms with Crippen LogP contribution >= 0.6 is 39.1 Å². The quantitative estimate of drug-likeness (QED) is 0.162. The third-order valence-electron chi connectivity index (χ3n) is 4.73. The van der Waals surface area contributed by atoms with E-state index in [1.54, 1.807) is 31.2 Å². The number of alkyl halides is 3. The van der Waals surface area contributed by atoms with Gasteiger partial charge in [0.15, 0.2) is 11.5 Å². The minimum Gasteiger partial charge on any atom is -0.490 e. The average molecular weight is 633 g/mol. The summed E-state index contributed by atoms with van der Waals surface area (Å²) in [4.78, 5) is 24.2. The molecule has 0 atom stereocenters.